The van der Waals surface area contributed by atoms with Crippen molar-refractivity contribution in [3.63, 3.8) is 0 Å². The Kier molecular flexibility index (Phi) is 2.47. The summed E-state index contributed by atoms with van der Waals surface area (Å²) in [5.74, 6) is 0.0445. The Morgan fingerprint density at radius 1 is 1.70 bits per heavy atom. The van der Waals surface area contributed by atoms with Crippen LogP contribution in [-0.4, -0.2) is 16.1 Å². The molecule has 0 bridgehead atoms. The van der Waals surface area contributed by atoms with E-state index < -0.39 is 4.71 Å². The van der Waals surface area contributed by atoms with Crippen molar-refractivity contribution in [2.24, 2.45) is 5.92 Å². The third-order valence-corrected chi connectivity index (χ3v) is 3.04. The summed E-state index contributed by atoms with van der Waals surface area (Å²) in [6.07, 6.45) is 0. The van der Waals surface area contributed by atoms with Crippen LogP contribution in [0.1, 0.15) is 13.8 Å². The quantitative estimate of drug-likeness (QED) is 0.455. The predicted octanol–water partition coefficient (Wildman–Crippen LogP) is 1.82. The van der Waals surface area contributed by atoms with Crippen LogP contribution in [0.3, 0.4) is 0 Å². The summed E-state index contributed by atoms with van der Waals surface area (Å²) >= 11 is 6.97. The molecule has 0 spiro atoms. The second-order valence-corrected chi connectivity index (χ2v) is 4.40. The number of hydrogen-bond acceptors (Lipinski definition) is 3. The second kappa shape index (κ2) is 3.01. The van der Waals surface area contributed by atoms with Crippen LogP contribution in [0.25, 0.3) is 0 Å². The smallest absolute Gasteiger partial charge is 0.335 e. The van der Waals surface area contributed by atoms with Gasteiger partial charge >= 0.3 is 5.97 Å². The molecule has 0 amide bonds. The van der Waals surface area contributed by atoms with Crippen LogP contribution in [0.15, 0.2) is 0 Å². The molecule has 2 nitrogen and oxygen atoms in total. The fraction of sp³-hybridized carbons (Fsp3) is 0.833. The zero-order valence-electron chi connectivity index (χ0n) is 5.83. The Morgan fingerprint density at radius 2 is 2.30 bits per heavy atom. The summed E-state index contributed by atoms with van der Waals surface area (Å²) < 4.78 is 4.43. The molecule has 4 heteroatoms. The maximum absolute atomic E-state index is 10.7. The minimum absolute atomic E-state index is 0.0463. The van der Waals surface area contributed by atoms with Crippen LogP contribution in [0.2, 0.25) is 0 Å². The standard InChI is InChI=1S/C6H9ClO2S/c1-3(2)6-9-5(8)4(7)10-6/h3-4,6H,1-2H3. The molecule has 1 aliphatic rings. The lowest BCUT2D eigenvalue weighted by atomic mass is 10.2. The number of ether oxygens (including phenoxy) is 1. The van der Waals surface area contributed by atoms with Crippen LogP contribution in [0.4, 0.5) is 0 Å². The van der Waals surface area contributed by atoms with Gasteiger partial charge < -0.3 is 4.74 Å². The molecule has 0 aromatic heterocycles. The Hall–Kier alpha value is 0.110. The van der Waals surface area contributed by atoms with Crippen molar-refractivity contribution in [2.45, 2.75) is 24.0 Å². The highest BCUT2D eigenvalue weighted by molar-refractivity contribution is 8.02. The lowest BCUT2D eigenvalue weighted by Crippen LogP contribution is -2.11. The number of rotatable bonds is 1. The van der Waals surface area contributed by atoms with E-state index >= 15 is 0 Å². The molecule has 1 aliphatic heterocycles. The normalized spacial score (nSPS) is 33.0. The Bertz CT molecular complexity index is 149. The third-order valence-electron chi connectivity index (χ3n) is 1.22. The molecule has 10 heavy (non-hydrogen) atoms. The Balaban J connectivity index is 2.49. The highest BCUT2D eigenvalue weighted by Crippen LogP contribution is 2.34. The number of halogens is 1. The van der Waals surface area contributed by atoms with E-state index in [0.29, 0.717) is 5.92 Å². The molecular formula is C6H9ClO2S. The van der Waals surface area contributed by atoms with Gasteiger partial charge in [0.1, 0.15) is 0 Å². The van der Waals surface area contributed by atoms with E-state index in [4.69, 9.17) is 16.3 Å². The number of alkyl halides is 1. The zero-order chi connectivity index (χ0) is 7.72. The second-order valence-electron chi connectivity index (χ2n) is 2.50. The molecule has 2 atom stereocenters. The SMILES string of the molecule is CC(C)C1OC(=O)C(Cl)S1. The molecule has 2 unspecified atom stereocenters. The van der Waals surface area contributed by atoms with Crippen molar-refractivity contribution in [1.29, 1.82) is 0 Å². The largest absolute Gasteiger partial charge is 0.449 e. The average Bonchev–Trinajstić information content (AvgIpc) is 2.13. The summed E-state index contributed by atoms with van der Waals surface area (Å²) in [6, 6.07) is 0. The lowest BCUT2D eigenvalue weighted by molar-refractivity contribution is -0.142. The maximum atomic E-state index is 10.7. The van der Waals surface area contributed by atoms with E-state index in [1.807, 2.05) is 13.8 Å². The highest BCUT2D eigenvalue weighted by Gasteiger charge is 2.35. The molecule has 58 valence electrons. The first-order valence-electron chi connectivity index (χ1n) is 3.11. The molecule has 0 aromatic carbocycles. The monoisotopic (exact) mass is 180 g/mol. The minimum atomic E-state index is -0.493. The molecule has 0 aromatic rings. The summed E-state index contributed by atoms with van der Waals surface area (Å²) in [5, 5.41) is 0. The van der Waals surface area contributed by atoms with Gasteiger partial charge in [-0.25, -0.2) is 4.79 Å². The maximum Gasteiger partial charge on any atom is 0.335 e. The van der Waals surface area contributed by atoms with Crippen molar-refractivity contribution in [3.8, 4) is 0 Å². The number of carbonyl (C=O) groups excluding carboxylic acids is 1. The van der Waals surface area contributed by atoms with E-state index in [1.165, 1.54) is 11.8 Å². The van der Waals surface area contributed by atoms with E-state index in [9.17, 15) is 4.79 Å². The molecule has 0 aliphatic carbocycles. The predicted molar refractivity (Wildman–Crippen MR) is 42.0 cm³/mol. The van der Waals surface area contributed by atoms with Crippen LogP contribution < -0.4 is 0 Å². The number of cyclic esters (lactones) is 1. The van der Waals surface area contributed by atoms with Gasteiger partial charge in [0, 0.05) is 5.92 Å². The molecular weight excluding hydrogens is 172 g/mol. The first-order valence-corrected chi connectivity index (χ1v) is 4.49. The van der Waals surface area contributed by atoms with Crippen LogP contribution in [0, 0.1) is 5.92 Å². The van der Waals surface area contributed by atoms with Crippen molar-refractivity contribution in [3.05, 3.63) is 0 Å². The van der Waals surface area contributed by atoms with E-state index in [1.54, 1.807) is 0 Å². The number of thioether (sulfide) groups is 1. The zero-order valence-corrected chi connectivity index (χ0v) is 7.41. The molecule has 1 heterocycles. The van der Waals surface area contributed by atoms with E-state index in [0.717, 1.165) is 0 Å². The summed E-state index contributed by atoms with van der Waals surface area (Å²) in [6.45, 7) is 4.00. The number of carbonyl (C=O) groups is 1. The molecule has 0 radical (unpaired) electrons. The molecule has 1 saturated heterocycles. The fourth-order valence-electron chi connectivity index (χ4n) is 0.662. The summed E-state index contributed by atoms with van der Waals surface area (Å²) in [5.41, 5.74) is -0.0463. The van der Waals surface area contributed by atoms with Gasteiger partial charge in [0.25, 0.3) is 0 Å². The van der Waals surface area contributed by atoms with E-state index in [2.05, 4.69) is 0 Å². The van der Waals surface area contributed by atoms with Crippen LogP contribution >= 0.6 is 23.4 Å². The Labute approximate surface area is 69.3 Å². The van der Waals surface area contributed by atoms with Crippen molar-refractivity contribution in [2.75, 3.05) is 0 Å². The van der Waals surface area contributed by atoms with Crippen molar-refractivity contribution < 1.29 is 9.53 Å². The van der Waals surface area contributed by atoms with Gasteiger partial charge in [0.15, 0.2) is 10.1 Å². The fourth-order valence-corrected chi connectivity index (χ4v) is 1.88. The van der Waals surface area contributed by atoms with Crippen LogP contribution in [-0.2, 0) is 9.53 Å². The van der Waals surface area contributed by atoms with Gasteiger partial charge in [-0.2, -0.15) is 0 Å². The van der Waals surface area contributed by atoms with Gasteiger partial charge in [0.05, 0.1) is 0 Å². The number of esters is 1. The minimum Gasteiger partial charge on any atom is -0.449 e. The van der Waals surface area contributed by atoms with Gasteiger partial charge in [-0.3, -0.25) is 0 Å². The first-order chi connectivity index (χ1) is 4.61. The van der Waals surface area contributed by atoms with Crippen molar-refractivity contribution >= 4 is 29.3 Å². The van der Waals surface area contributed by atoms with Gasteiger partial charge in [-0.15, -0.1) is 0 Å². The Morgan fingerprint density at radius 3 is 2.50 bits per heavy atom. The van der Waals surface area contributed by atoms with Crippen molar-refractivity contribution in [1.82, 2.24) is 0 Å². The summed E-state index contributed by atoms with van der Waals surface area (Å²) in [4.78, 5) is 10.7. The lowest BCUT2D eigenvalue weighted by Gasteiger charge is -2.10. The topological polar surface area (TPSA) is 26.3 Å². The molecule has 1 rings (SSSR count). The van der Waals surface area contributed by atoms with E-state index in [-0.39, 0.29) is 11.4 Å². The first kappa shape index (κ1) is 8.21. The van der Waals surface area contributed by atoms with Gasteiger partial charge in [-0.05, 0) is 0 Å². The van der Waals surface area contributed by atoms with Crippen LogP contribution in [0.5, 0.6) is 0 Å². The molecule has 1 fully saturated rings. The summed E-state index contributed by atoms with van der Waals surface area (Å²) in [7, 11) is 0. The third kappa shape index (κ3) is 1.58. The average molecular weight is 181 g/mol. The molecule has 0 N–H and O–H groups in total. The molecule has 0 saturated carbocycles. The van der Waals surface area contributed by atoms with Gasteiger partial charge in [0.2, 0.25) is 0 Å². The highest BCUT2D eigenvalue weighted by atomic mass is 35.5. The number of hydrogen-bond donors (Lipinski definition) is 0. The van der Waals surface area contributed by atoms with Gasteiger partial charge in [-0.1, -0.05) is 37.2 Å².